The van der Waals surface area contributed by atoms with Gasteiger partial charge in [-0.3, -0.25) is 4.79 Å². The van der Waals surface area contributed by atoms with Gasteiger partial charge >= 0.3 is 0 Å². The van der Waals surface area contributed by atoms with Crippen LogP contribution < -0.4 is 15.0 Å². The second-order valence-corrected chi connectivity index (χ2v) is 7.58. The van der Waals surface area contributed by atoms with Gasteiger partial charge in [0, 0.05) is 43.4 Å². The molecule has 0 unspecified atom stereocenters. The number of hydrogen-bond donors (Lipinski definition) is 1. The summed E-state index contributed by atoms with van der Waals surface area (Å²) < 4.78 is 5.79. The first-order valence-corrected chi connectivity index (χ1v) is 10.2. The molecule has 2 aromatic rings. The fourth-order valence-electron chi connectivity index (χ4n) is 3.19. The number of hydrogen-bond acceptors (Lipinski definition) is 4. The molecule has 0 aliphatic carbocycles. The molecule has 150 valence electrons. The Labute approximate surface area is 172 Å². The average molecular weight is 402 g/mol. The summed E-state index contributed by atoms with van der Waals surface area (Å²) in [6.45, 7) is 6.70. The van der Waals surface area contributed by atoms with Crippen molar-refractivity contribution < 1.29 is 9.53 Å². The second kappa shape index (κ2) is 9.80. The van der Waals surface area contributed by atoms with Crippen molar-refractivity contribution in [1.29, 1.82) is 0 Å². The monoisotopic (exact) mass is 401 g/mol. The molecular weight excluding hydrogens is 374 g/mol. The van der Waals surface area contributed by atoms with Crippen molar-refractivity contribution in [2.24, 2.45) is 0 Å². The highest BCUT2D eigenvalue weighted by molar-refractivity contribution is 6.30. The lowest BCUT2D eigenvalue weighted by Crippen LogP contribution is -2.44. The zero-order valence-electron chi connectivity index (χ0n) is 16.5. The van der Waals surface area contributed by atoms with Crippen molar-refractivity contribution in [1.82, 2.24) is 10.2 Å². The summed E-state index contributed by atoms with van der Waals surface area (Å²) in [7, 11) is 2.16. The van der Waals surface area contributed by atoms with E-state index in [4.69, 9.17) is 16.3 Å². The van der Waals surface area contributed by atoms with Crippen molar-refractivity contribution in [2.45, 2.75) is 26.0 Å². The molecule has 0 spiro atoms. The van der Waals surface area contributed by atoms with Gasteiger partial charge in [0.15, 0.2) is 6.10 Å². The van der Waals surface area contributed by atoms with E-state index < -0.39 is 6.10 Å². The van der Waals surface area contributed by atoms with Gasteiger partial charge in [0.05, 0.1) is 0 Å². The molecule has 1 N–H and O–H groups in total. The number of halogens is 1. The van der Waals surface area contributed by atoms with Crippen LogP contribution in [0, 0.1) is 0 Å². The molecule has 1 atom stereocenters. The Kier molecular flexibility index (Phi) is 7.18. The van der Waals surface area contributed by atoms with Gasteiger partial charge in [0.1, 0.15) is 5.75 Å². The zero-order valence-corrected chi connectivity index (χ0v) is 17.3. The first-order chi connectivity index (χ1) is 13.5. The normalized spacial score (nSPS) is 15.9. The lowest BCUT2D eigenvalue weighted by atomic mass is 10.1. The summed E-state index contributed by atoms with van der Waals surface area (Å²) in [5.74, 6) is 0.531. The van der Waals surface area contributed by atoms with Gasteiger partial charge in [-0.25, -0.2) is 0 Å². The van der Waals surface area contributed by atoms with E-state index in [9.17, 15) is 4.79 Å². The molecule has 0 radical (unpaired) electrons. The predicted molar refractivity (Wildman–Crippen MR) is 114 cm³/mol. The Morgan fingerprint density at radius 1 is 1.07 bits per heavy atom. The zero-order chi connectivity index (χ0) is 19.9. The quantitative estimate of drug-likeness (QED) is 0.770. The third kappa shape index (κ3) is 5.63. The lowest BCUT2D eigenvalue weighted by molar-refractivity contribution is -0.128. The molecule has 2 aromatic carbocycles. The van der Waals surface area contributed by atoms with Crippen molar-refractivity contribution in [2.75, 3.05) is 38.1 Å². The van der Waals surface area contributed by atoms with E-state index in [2.05, 4.69) is 46.4 Å². The highest BCUT2D eigenvalue weighted by Gasteiger charge is 2.18. The summed E-state index contributed by atoms with van der Waals surface area (Å²) >= 11 is 5.89. The van der Waals surface area contributed by atoms with Gasteiger partial charge < -0.3 is 19.9 Å². The van der Waals surface area contributed by atoms with Crippen LogP contribution in [0.25, 0.3) is 0 Å². The molecule has 6 heteroatoms. The fourth-order valence-corrected chi connectivity index (χ4v) is 3.32. The van der Waals surface area contributed by atoms with Crippen molar-refractivity contribution >= 4 is 23.2 Å². The number of nitrogens with zero attached hydrogens (tertiary/aromatic N) is 2. The molecule has 1 fully saturated rings. The van der Waals surface area contributed by atoms with Crippen LogP contribution in [-0.2, 0) is 11.3 Å². The molecule has 1 saturated heterocycles. The number of amides is 1. The molecule has 1 amide bonds. The second-order valence-electron chi connectivity index (χ2n) is 7.14. The summed E-state index contributed by atoms with van der Waals surface area (Å²) in [6.07, 6.45) is 0.0716. The van der Waals surface area contributed by atoms with Crippen LogP contribution in [0.5, 0.6) is 5.75 Å². The largest absolute Gasteiger partial charge is 0.481 e. The van der Waals surface area contributed by atoms with Crippen molar-refractivity contribution in [3.63, 3.8) is 0 Å². The standard InChI is InChI=1S/C22H28ClN3O2/c1-3-21(28-20-10-6-18(23)7-11-20)22(27)24-16-17-4-8-19(9-5-17)26-14-12-25(2)13-15-26/h4-11,21H,3,12-16H2,1-2H3,(H,24,27)/t21-/m1/s1. The number of piperazine rings is 1. The number of benzene rings is 2. The number of nitrogens with one attached hydrogen (secondary N) is 1. The topological polar surface area (TPSA) is 44.8 Å². The fraction of sp³-hybridized carbons (Fsp3) is 0.409. The summed E-state index contributed by atoms with van der Waals surface area (Å²) in [5.41, 5.74) is 2.31. The first kappa shape index (κ1) is 20.5. The van der Waals surface area contributed by atoms with E-state index in [1.165, 1.54) is 5.69 Å². The number of likely N-dealkylation sites (N-methyl/N-ethyl adjacent to an activating group) is 1. The Hall–Kier alpha value is -2.24. The van der Waals surface area contributed by atoms with Crippen LogP contribution >= 0.6 is 11.6 Å². The van der Waals surface area contributed by atoms with Crippen molar-refractivity contribution in [3.05, 3.63) is 59.1 Å². The van der Waals surface area contributed by atoms with Crippen LogP contribution in [0.3, 0.4) is 0 Å². The highest BCUT2D eigenvalue weighted by Crippen LogP contribution is 2.19. The smallest absolute Gasteiger partial charge is 0.261 e. The van der Waals surface area contributed by atoms with E-state index >= 15 is 0 Å². The van der Waals surface area contributed by atoms with Gasteiger partial charge in [-0.1, -0.05) is 30.7 Å². The summed E-state index contributed by atoms with van der Waals surface area (Å²) in [6, 6.07) is 15.5. The van der Waals surface area contributed by atoms with Crippen LogP contribution in [-0.4, -0.2) is 50.1 Å². The average Bonchev–Trinajstić information content (AvgIpc) is 2.72. The Morgan fingerprint density at radius 3 is 2.32 bits per heavy atom. The molecule has 1 heterocycles. The SMILES string of the molecule is CC[C@@H](Oc1ccc(Cl)cc1)C(=O)NCc1ccc(N2CCN(C)CC2)cc1. The Bertz CT molecular complexity index is 756. The van der Waals surface area contributed by atoms with E-state index in [1.807, 2.05) is 6.92 Å². The molecule has 0 aromatic heterocycles. The van der Waals surface area contributed by atoms with Crippen LogP contribution in [0.1, 0.15) is 18.9 Å². The molecule has 1 aliphatic rings. The highest BCUT2D eigenvalue weighted by atomic mass is 35.5. The number of anilines is 1. The third-order valence-corrected chi connectivity index (χ3v) is 5.28. The maximum absolute atomic E-state index is 12.5. The van der Waals surface area contributed by atoms with Gasteiger partial charge in [0.25, 0.3) is 5.91 Å². The Balaban J connectivity index is 1.50. The predicted octanol–water partition coefficient (Wildman–Crippen LogP) is 3.57. The van der Waals surface area contributed by atoms with E-state index in [1.54, 1.807) is 24.3 Å². The molecule has 28 heavy (non-hydrogen) atoms. The number of rotatable bonds is 7. The van der Waals surface area contributed by atoms with E-state index in [-0.39, 0.29) is 5.91 Å². The van der Waals surface area contributed by atoms with Gasteiger partial charge in [-0.15, -0.1) is 0 Å². The van der Waals surface area contributed by atoms with Crippen LogP contribution in [0.2, 0.25) is 5.02 Å². The third-order valence-electron chi connectivity index (χ3n) is 5.03. The number of ether oxygens (including phenoxy) is 1. The molecule has 5 nitrogen and oxygen atoms in total. The minimum Gasteiger partial charge on any atom is -0.481 e. The minimum absolute atomic E-state index is 0.111. The maximum Gasteiger partial charge on any atom is 0.261 e. The Morgan fingerprint density at radius 2 is 1.71 bits per heavy atom. The minimum atomic E-state index is -0.522. The molecule has 3 rings (SSSR count). The van der Waals surface area contributed by atoms with Gasteiger partial charge in [-0.2, -0.15) is 0 Å². The van der Waals surface area contributed by atoms with Gasteiger partial charge in [-0.05, 0) is 55.4 Å². The van der Waals surface area contributed by atoms with Crippen LogP contribution in [0.15, 0.2) is 48.5 Å². The van der Waals surface area contributed by atoms with E-state index in [0.29, 0.717) is 23.7 Å². The van der Waals surface area contributed by atoms with E-state index in [0.717, 1.165) is 31.7 Å². The lowest BCUT2D eigenvalue weighted by Gasteiger charge is -2.34. The first-order valence-electron chi connectivity index (χ1n) is 9.77. The maximum atomic E-state index is 12.5. The van der Waals surface area contributed by atoms with Gasteiger partial charge in [0.2, 0.25) is 0 Å². The molecular formula is C22H28ClN3O2. The van der Waals surface area contributed by atoms with Crippen molar-refractivity contribution in [3.8, 4) is 5.75 Å². The molecule has 0 saturated carbocycles. The number of carbonyl (C=O) groups excluding carboxylic acids is 1. The summed E-state index contributed by atoms with van der Waals surface area (Å²) in [5, 5.41) is 3.62. The number of carbonyl (C=O) groups is 1. The molecule has 0 bridgehead atoms. The molecule has 1 aliphatic heterocycles. The van der Waals surface area contributed by atoms with Crippen LogP contribution in [0.4, 0.5) is 5.69 Å². The summed E-state index contributed by atoms with van der Waals surface area (Å²) in [4.78, 5) is 17.2.